The molecule has 4 nitrogen and oxygen atoms in total. The average Bonchev–Trinajstić information content (AvgIpc) is 2.57. The lowest BCUT2D eigenvalue weighted by Gasteiger charge is -2.15. The van der Waals surface area contributed by atoms with Crippen LogP contribution in [0.1, 0.15) is 29.5 Å². The summed E-state index contributed by atoms with van der Waals surface area (Å²) in [6.45, 7) is 6.07. The van der Waals surface area contributed by atoms with Crippen molar-refractivity contribution < 1.29 is 8.42 Å². The Bertz CT molecular complexity index is 466. The Hall–Kier alpha value is -0.430. The van der Waals surface area contributed by atoms with Gasteiger partial charge in [0.1, 0.15) is 0 Å². The van der Waals surface area contributed by atoms with Crippen molar-refractivity contribution in [3.05, 3.63) is 15.8 Å². The third-order valence-electron chi connectivity index (χ3n) is 2.53. The molecular weight excluding hydrogens is 256 g/mol. The minimum absolute atomic E-state index is 0.176. The number of nitrogens with one attached hydrogen (secondary N) is 1. The van der Waals surface area contributed by atoms with Crippen molar-refractivity contribution in [2.24, 2.45) is 5.73 Å². The summed E-state index contributed by atoms with van der Waals surface area (Å²) < 4.78 is 27.0. The summed E-state index contributed by atoms with van der Waals surface area (Å²) in [4.78, 5) is 2.21. The molecule has 6 heteroatoms. The van der Waals surface area contributed by atoms with E-state index in [0.29, 0.717) is 11.4 Å². The van der Waals surface area contributed by atoms with Crippen molar-refractivity contribution in [1.29, 1.82) is 0 Å². The van der Waals surface area contributed by atoms with Crippen LogP contribution in [0.2, 0.25) is 0 Å². The van der Waals surface area contributed by atoms with E-state index in [1.165, 1.54) is 11.3 Å². The van der Waals surface area contributed by atoms with E-state index < -0.39 is 10.0 Å². The molecule has 0 saturated carbocycles. The molecular formula is C11H20N2O2S2. The van der Waals surface area contributed by atoms with Crippen LogP contribution in [-0.2, 0) is 10.0 Å². The third kappa shape index (κ3) is 3.77. The molecule has 17 heavy (non-hydrogen) atoms. The molecule has 0 aliphatic rings. The molecule has 1 rings (SSSR count). The van der Waals surface area contributed by atoms with E-state index in [9.17, 15) is 8.42 Å². The van der Waals surface area contributed by atoms with Crippen LogP contribution in [0.5, 0.6) is 0 Å². The lowest BCUT2D eigenvalue weighted by molar-refractivity contribution is 0.527. The van der Waals surface area contributed by atoms with E-state index in [-0.39, 0.29) is 6.04 Å². The Labute approximate surface area is 107 Å². The van der Waals surface area contributed by atoms with Gasteiger partial charge in [-0.25, -0.2) is 13.1 Å². The van der Waals surface area contributed by atoms with Gasteiger partial charge in [0.15, 0.2) is 0 Å². The van der Waals surface area contributed by atoms with Gasteiger partial charge in [0.2, 0.25) is 10.0 Å². The van der Waals surface area contributed by atoms with E-state index in [0.717, 1.165) is 22.6 Å². The van der Waals surface area contributed by atoms with Crippen molar-refractivity contribution in [3.8, 4) is 0 Å². The summed E-state index contributed by atoms with van der Waals surface area (Å²) in [5, 5.41) is 0. The summed E-state index contributed by atoms with van der Waals surface area (Å²) >= 11 is 1.49. The molecule has 1 aromatic heterocycles. The lowest BCUT2D eigenvalue weighted by Crippen LogP contribution is -2.40. The Balaban J connectivity index is 2.92. The minimum atomic E-state index is -3.42. The number of sulfonamides is 1. The number of thiophene rings is 1. The van der Waals surface area contributed by atoms with Crippen molar-refractivity contribution in [3.63, 3.8) is 0 Å². The largest absolute Gasteiger partial charge is 0.329 e. The summed E-state index contributed by atoms with van der Waals surface area (Å²) in [6, 6.07) is 1.53. The molecule has 0 saturated heterocycles. The smallest absolute Gasteiger partial charge is 0.241 e. The van der Waals surface area contributed by atoms with Gasteiger partial charge in [-0.2, -0.15) is 0 Å². The Morgan fingerprint density at radius 3 is 2.53 bits per heavy atom. The Morgan fingerprint density at radius 2 is 2.12 bits per heavy atom. The monoisotopic (exact) mass is 276 g/mol. The maximum absolute atomic E-state index is 12.2. The maximum Gasteiger partial charge on any atom is 0.241 e. The van der Waals surface area contributed by atoms with Gasteiger partial charge < -0.3 is 5.73 Å². The van der Waals surface area contributed by atoms with Crippen LogP contribution in [0.3, 0.4) is 0 Å². The molecule has 0 fully saturated rings. The van der Waals surface area contributed by atoms with Crippen LogP contribution in [0, 0.1) is 13.8 Å². The highest BCUT2D eigenvalue weighted by Gasteiger charge is 2.22. The minimum Gasteiger partial charge on any atom is -0.329 e. The molecule has 98 valence electrons. The topological polar surface area (TPSA) is 72.2 Å². The molecule has 0 aromatic carbocycles. The predicted molar refractivity (Wildman–Crippen MR) is 71.9 cm³/mol. The molecule has 1 heterocycles. The quantitative estimate of drug-likeness (QED) is 0.831. The fourth-order valence-corrected chi connectivity index (χ4v) is 4.57. The highest BCUT2D eigenvalue weighted by atomic mass is 32.2. The fraction of sp³-hybridized carbons (Fsp3) is 0.636. The molecule has 1 atom stereocenters. The number of rotatable bonds is 6. The van der Waals surface area contributed by atoms with Gasteiger partial charge >= 0.3 is 0 Å². The predicted octanol–water partition coefficient (Wildman–Crippen LogP) is 1.77. The van der Waals surface area contributed by atoms with Crippen molar-refractivity contribution in [1.82, 2.24) is 4.72 Å². The third-order valence-corrected chi connectivity index (χ3v) is 5.27. The van der Waals surface area contributed by atoms with Crippen LogP contribution in [-0.4, -0.2) is 21.0 Å². The van der Waals surface area contributed by atoms with Gasteiger partial charge in [-0.15, -0.1) is 11.3 Å². The zero-order chi connectivity index (χ0) is 13.1. The van der Waals surface area contributed by atoms with Gasteiger partial charge in [0, 0.05) is 22.3 Å². The van der Waals surface area contributed by atoms with Crippen LogP contribution in [0.25, 0.3) is 0 Å². The SMILES string of the molecule is CCCC(CN)NS(=O)(=O)c1cc(C)sc1C. The normalized spacial score (nSPS) is 13.9. The van der Waals surface area contributed by atoms with Crippen molar-refractivity contribution >= 4 is 21.4 Å². The highest BCUT2D eigenvalue weighted by molar-refractivity contribution is 7.89. The van der Waals surface area contributed by atoms with Crippen LogP contribution in [0.4, 0.5) is 0 Å². The first-order valence-electron chi connectivity index (χ1n) is 5.70. The van der Waals surface area contributed by atoms with Gasteiger partial charge in [0.05, 0.1) is 4.90 Å². The van der Waals surface area contributed by atoms with E-state index >= 15 is 0 Å². The Kier molecular flexibility index (Phi) is 5.12. The molecule has 0 bridgehead atoms. The number of aryl methyl sites for hydroxylation is 2. The van der Waals surface area contributed by atoms with E-state index in [1.54, 1.807) is 6.07 Å². The summed E-state index contributed by atoms with van der Waals surface area (Å²) in [5.41, 5.74) is 5.56. The van der Waals surface area contributed by atoms with Crippen LogP contribution in [0.15, 0.2) is 11.0 Å². The number of hydrogen-bond acceptors (Lipinski definition) is 4. The standard InChI is InChI=1S/C11H20N2O2S2/c1-4-5-10(7-12)13-17(14,15)11-6-8(2)16-9(11)3/h6,10,13H,4-5,7,12H2,1-3H3. The van der Waals surface area contributed by atoms with Crippen LogP contribution < -0.4 is 10.5 Å². The van der Waals surface area contributed by atoms with Gasteiger partial charge in [-0.1, -0.05) is 13.3 Å². The lowest BCUT2D eigenvalue weighted by atomic mass is 10.2. The summed E-state index contributed by atoms with van der Waals surface area (Å²) in [5.74, 6) is 0. The second-order valence-corrected chi connectivity index (χ2v) is 7.26. The number of hydrogen-bond donors (Lipinski definition) is 2. The highest BCUT2D eigenvalue weighted by Crippen LogP contribution is 2.25. The molecule has 0 amide bonds. The molecule has 0 radical (unpaired) electrons. The number of nitrogens with two attached hydrogens (primary N) is 1. The molecule has 3 N–H and O–H groups in total. The van der Waals surface area contributed by atoms with Crippen molar-refractivity contribution in [2.45, 2.75) is 44.6 Å². The fourth-order valence-electron chi connectivity index (χ4n) is 1.73. The van der Waals surface area contributed by atoms with Gasteiger partial charge in [0.25, 0.3) is 0 Å². The van der Waals surface area contributed by atoms with Gasteiger partial charge in [-0.05, 0) is 26.3 Å². The van der Waals surface area contributed by atoms with E-state index in [2.05, 4.69) is 4.72 Å². The summed E-state index contributed by atoms with van der Waals surface area (Å²) in [6.07, 6.45) is 1.67. The second-order valence-electron chi connectivity index (χ2n) is 4.12. The molecule has 0 spiro atoms. The second kappa shape index (κ2) is 5.95. The first-order chi connectivity index (χ1) is 7.90. The average molecular weight is 276 g/mol. The molecule has 0 aliphatic carbocycles. The van der Waals surface area contributed by atoms with Crippen LogP contribution >= 0.6 is 11.3 Å². The first kappa shape index (κ1) is 14.6. The molecule has 1 unspecified atom stereocenters. The zero-order valence-corrected chi connectivity index (χ0v) is 12.1. The van der Waals surface area contributed by atoms with E-state index in [4.69, 9.17) is 5.73 Å². The van der Waals surface area contributed by atoms with E-state index in [1.807, 2.05) is 20.8 Å². The summed E-state index contributed by atoms with van der Waals surface area (Å²) in [7, 11) is -3.42. The van der Waals surface area contributed by atoms with Crippen molar-refractivity contribution in [2.75, 3.05) is 6.54 Å². The Morgan fingerprint density at radius 1 is 1.47 bits per heavy atom. The van der Waals surface area contributed by atoms with Gasteiger partial charge in [-0.3, -0.25) is 0 Å². The first-order valence-corrected chi connectivity index (χ1v) is 8.00. The molecule has 0 aliphatic heterocycles. The zero-order valence-electron chi connectivity index (χ0n) is 10.5. The molecule has 1 aromatic rings. The maximum atomic E-state index is 12.2.